The lowest BCUT2D eigenvalue weighted by molar-refractivity contribution is 1.07. The van der Waals surface area contributed by atoms with Gasteiger partial charge < -0.3 is 0 Å². The molecule has 3 nitrogen and oxygen atoms in total. The van der Waals surface area contributed by atoms with Gasteiger partial charge in [-0.2, -0.15) is 0 Å². The van der Waals surface area contributed by atoms with E-state index >= 15 is 0 Å². The van der Waals surface area contributed by atoms with Crippen LogP contribution in [0.1, 0.15) is 0 Å². The Kier molecular flexibility index (Phi) is 8.83. The maximum absolute atomic E-state index is 5.22. The maximum atomic E-state index is 5.22. The first-order chi connectivity index (χ1) is 29.7. The van der Waals surface area contributed by atoms with Crippen molar-refractivity contribution in [3.63, 3.8) is 0 Å². The Bertz CT molecular complexity index is 3320. The maximum Gasteiger partial charge on any atom is 0.164 e. The van der Waals surface area contributed by atoms with Gasteiger partial charge in [-0.15, -0.1) is 0 Å². The van der Waals surface area contributed by atoms with E-state index in [4.69, 9.17) is 15.0 Å². The molecule has 1 aromatic heterocycles. The molecule has 0 amide bonds. The van der Waals surface area contributed by atoms with E-state index in [1.807, 2.05) is 6.07 Å². The van der Waals surface area contributed by atoms with Crippen LogP contribution in [0, 0.1) is 0 Å². The number of rotatable bonds is 7. The molecular formula is C57H37N3. The zero-order valence-corrected chi connectivity index (χ0v) is 32.7. The third kappa shape index (κ3) is 6.49. The van der Waals surface area contributed by atoms with Gasteiger partial charge in [0.2, 0.25) is 0 Å². The van der Waals surface area contributed by atoms with E-state index in [0.717, 1.165) is 50.1 Å². The van der Waals surface area contributed by atoms with Gasteiger partial charge in [0.05, 0.1) is 0 Å². The van der Waals surface area contributed by atoms with Crippen molar-refractivity contribution in [2.24, 2.45) is 0 Å². The van der Waals surface area contributed by atoms with Gasteiger partial charge in [-0.3, -0.25) is 0 Å². The van der Waals surface area contributed by atoms with Crippen molar-refractivity contribution in [2.45, 2.75) is 0 Å². The van der Waals surface area contributed by atoms with Crippen molar-refractivity contribution in [3.05, 3.63) is 224 Å². The van der Waals surface area contributed by atoms with E-state index in [1.54, 1.807) is 0 Å². The zero-order valence-electron chi connectivity index (χ0n) is 32.7. The molecule has 10 aromatic carbocycles. The summed E-state index contributed by atoms with van der Waals surface area (Å²) < 4.78 is 0. The van der Waals surface area contributed by atoms with Crippen LogP contribution in [0.5, 0.6) is 0 Å². The van der Waals surface area contributed by atoms with Crippen LogP contribution < -0.4 is 0 Å². The van der Waals surface area contributed by atoms with Crippen LogP contribution >= 0.6 is 0 Å². The predicted octanol–water partition coefficient (Wildman–Crippen LogP) is 15.0. The fourth-order valence-electron chi connectivity index (χ4n) is 8.53. The zero-order chi connectivity index (χ0) is 39.8. The molecular weight excluding hydrogens is 727 g/mol. The molecule has 280 valence electrons. The van der Waals surface area contributed by atoms with Crippen molar-refractivity contribution in [1.29, 1.82) is 0 Å². The van der Waals surface area contributed by atoms with Crippen molar-refractivity contribution in [1.82, 2.24) is 15.0 Å². The fourth-order valence-corrected chi connectivity index (χ4v) is 8.53. The summed E-state index contributed by atoms with van der Waals surface area (Å²) >= 11 is 0. The lowest BCUT2D eigenvalue weighted by Crippen LogP contribution is -2.00. The predicted molar refractivity (Wildman–Crippen MR) is 250 cm³/mol. The van der Waals surface area contributed by atoms with Crippen molar-refractivity contribution >= 4 is 32.3 Å². The highest BCUT2D eigenvalue weighted by atomic mass is 15.0. The first-order valence-corrected chi connectivity index (χ1v) is 20.3. The number of benzene rings is 10. The van der Waals surface area contributed by atoms with Crippen LogP contribution in [0.3, 0.4) is 0 Å². The molecule has 0 saturated heterocycles. The Morgan fingerprint density at radius 1 is 0.217 bits per heavy atom. The normalized spacial score (nSPS) is 11.3. The minimum Gasteiger partial charge on any atom is -0.208 e. The van der Waals surface area contributed by atoms with E-state index in [2.05, 4.69) is 218 Å². The summed E-state index contributed by atoms with van der Waals surface area (Å²) in [5, 5.41) is 7.43. The van der Waals surface area contributed by atoms with Crippen LogP contribution in [0.2, 0.25) is 0 Å². The molecule has 0 unspecified atom stereocenters. The Hall–Kier alpha value is -8.01. The highest BCUT2D eigenvalue weighted by Gasteiger charge is 2.17. The summed E-state index contributed by atoms with van der Waals surface area (Å²) in [6, 6.07) is 79.5. The molecule has 0 fully saturated rings. The standard InChI is InChI=1S/C57H37N3/c1-4-14-38(15-5-1)39-24-28-44(29-25-39)55-58-56(60-57(59-55)47-33-34-49(40-16-6-2-7-17-40)52(37-47)41-18-8-3-9-19-41)45-30-26-43(27-31-45)54-50-23-13-11-21-46(50)36-53-48-22-12-10-20-42(48)32-35-51(53)54/h1-37H. The van der Waals surface area contributed by atoms with Crippen molar-refractivity contribution < 1.29 is 0 Å². The van der Waals surface area contributed by atoms with Crippen LogP contribution in [0.15, 0.2) is 224 Å². The van der Waals surface area contributed by atoms with Gasteiger partial charge in [0, 0.05) is 16.7 Å². The molecule has 0 aliphatic carbocycles. The SMILES string of the molecule is c1ccc(-c2ccc(-c3nc(-c4ccc(-c5c6ccccc6cc6c5ccc5ccccc56)cc4)nc(-c4ccc(-c5ccccc5)c(-c5ccccc5)c4)n3)cc2)cc1. The summed E-state index contributed by atoms with van der Waals surface area (Å²) in [6.45, 7) is 0. The second kappa shape index (κ2) is 15.1. The van der Waals surface area contributed by atoms with E-state index in [0.29, 0.717) is 17.5 Å². The average Bonchev–Trinajstić information content (AvgIpc) is 3.34. The van der Waals surface area contributed by atoms with Crippen molar-refractivity contribution in [2.75, 3.05) is 0 Å². The third-order valence-electron chi connectivity index (χ3n) is 11.5. The van der Waals surface area contributed by atoms with Crippen LogP contribution in [-0.2, 0) is 0 Å². The Labute approximate surface area is 349 Å². The highest BCUT2D eigenvalue weighted by molar-refractivity contribution is 6.20. The molecule has 0 aliphatic rings. The van der Waals surface area contributed by atoms with Gasteiger partial charge in [-0.05, 0) is 89.0 Å². The largest absolute Gasteiger partial charge is 0.208 e. The number of nitrogens with zero attached hydrogens (tertiary/aromatic N) is 3. The van der Waals surface area contributed by atoms with Crippen molar-refractivity contribution in [3.8, 4) is 78.7 Å². The first kappa shape index (κ1) is 35.2. The smallest absolute Gasteiger partial charge is 0.164 e. The van der Waals surface area contributed by atoms with Gasteiger partial charge in [0.25, 0.3) is 0 Å². The van der Waals surface area contributed by atoms with E-state index < -0.39 is 0 Å². The quantitative estimate of drug-likeness (QED) is 0.120. The molecule has 11 rings (SSSR count). The summed E-state index contributed by atoms with van der Waals surface area (Å²) in [7, 11) is 0. The minimum absolute atomic E-state index is 0.620. The molecule has 1 heterocycles. The van der Waals surface area contributed by atoms with Gasteiger partial charge >= 0.3 is 0 Å². The molecule has 3 heteroatoms. The summed E-state index contributed by atoms with van der Waals surface area (Å²) in [5.74, 6) is 1.87. The van der Waals surface area contributed by atoms with Gasteiger partial charge in [-0.25, -0.2) is 15.0 Å². The molecule has 0 saturated carbocycles. The minimum atomic E-state index is 0.620. The van der Waals surface area contributed by atoms with Crippen LogP contribution in [0.4, 0.5) is 0 Å². The molecule has 0 aliphatic heterocycles. The summed E-state index contributed by atoms with van der Waals surface area (Å²) in [6.07, 6.45) is 0. The van der Waals surface area contributed by atoms with Gasteiger partial charge in [0.15, 0.2) is 17.5 Å². The second-order valence-corrected chi connectivity index (χ2v) is 15.2. The number of fused-ring (bicyclic) bond motifs is 4. The van der Waals surface area contributed by atoms with Crippen LogP contribution in [-0.4, -0.2) is 15.0 Å². The molecule has 0 bridgehead atoms. The molecule has 11 aromatic rings. The second-order valence-electron chi connectivity index (χ2n) is 15.2. The molecule has 0 atom stereocenters. The molecule has 0 N–H and O–H groups in total. The topological polar surface area (TPSA) is 38.7 Å². The Balaban J connectivity index is 1.06. The highest BCUT2D eigenvalue weighted by Crippen LogP contribution is 2.41. The molecule has 0 radical (unpaired) electrons. The Morgan fingerprint density at radius 2 is 0.667 bits per heavy atom. The van der Waals surface area contributed by atoms with Gasteiger partial charge in [0.1, 0.15) is 0 Å². The lowest BCUT2D eigenvalue weighted by atomic mass is 9.89. The average molecular weight is 764 g/mol. The fraction of sp³-hybridized carbons (Fsp3) is 0. The van der Waals surface area contributed by atoms with E-state index in [-0.39, 0.29) is 0 Å². The van der Waals surface area contributed by atoms with Gasteiger partial charge in [-0.1, -0.05) is 212 Å². The molecule has 60 heavy (non-hydrogen) atoms. The van der Waals surface area contributed by atoms with E-state index in [9.17, 15) is 0 Å². The Morgan fingerprint density at radius 3 is 1.30 bits per heavy atom. The monoisotopic (exact) mass is 763 g/mol. The summed E-state index contributed by atoms with van der Waals surface area (Å²) in [5.41, 5.74) is 12.0. The van der Waals surface area contributed by atoms with Crippen LogP contribution in [0.25, 0.3) is 111 Å². The third-order valence-corrected chi connectivity index (χ3v) is 11.5. The molecule has 0 spiro atoms. The number of hydrogen-bond acceptors (Lipinski definition) is 3. The number of hydrogen-bond donors (Lipinski definition) is 0. The first-order valence-electron chi connectivity index (χ1n) is 20.3. The number of aromatic nitrogens is 3. The van der Waals surface area contributed by atoms with E-state index in [1.165, 1.54) is 43.4 Å². The lowest BCUT2D eigenvalue weighted by Gasteiger charge is -2.15. The summed E-state index contributed by atoms with van der Waals surface area (Å²) in [4.78, 5) is 15.6.